The maximum absolute atomic E-state index is 8.83. The second-order valence-corrected chi connectivity index (χ2v) is 3.38. The third-order valence-corrected chi connectivity index (χ3v) is 1.98. The molecule has 0 saturated heterocycles. The number of benzene rings is 1. The van der Waals surface area contributed by atoms with Crippen LogP contribution in [0.15, 0.2) is 18.2 Å². The third-order valence-electron chi connectivity index (χ3n) is 1.76. The highest BCUT2D eigenvalue weighted by Gasteiger charge is 1.97. The van der Waals surface area contributed by atoms with Gasteiger partial charge in [0.05, 0.1) is 5.56 Å². The smallest absolute Gasteiger partial charge is 0.100 e. The quantitative estimate of drug-likeness (QED) is 0.548. The number of aryl methyl sites for hydroxylation is 1. The summed E-state index contributed by atoms with van der Waals surface area (Å²) in [6.07, 6.45) is 0.752. The molecule has 0 aliphatic heterocycles. The number of nitrogens with zero attached hydrogens (tertiary/aromatic N) is 1. The highest BCUT2D eigenvalue weighted by atomic mass is 32.1. The zero-order valence-electron chi connectivity index (χ0n) is 8.04. The van der Waals surface area contributed by atoms with Gasteiger partial charge in [0.2, 0.25) is 0 Å². The van der Waals surface area contributed by atoms with Crippen LogP contribution in [0, 0.1) is 30.1 Å². The summed E-state index contributed by atoms with van der Waals surface area (Å²) in [5, 5.41) is 8.83. The Labute approximate surface area is 90.2 Å². The van der Waals surface area contributed by atoms with E-state index in [0.29, 0.717) is 5.56 Å². The van der Waals surface area contributed by atoms with Gasteiger partial charge in [0.1, 0.15) is 6.07 Å². The normalized spacial score (nSPS) is 8.64. The zero-order valence-corrected chi connectivity index (χ0v) is 8.94. The Hall–Kier alpha value is -1.38. The van der Waals surface area contributed by atoms with Crippen LogP contribution in [-0.4, -0.2) is 5.75 Å². The Kier molecular flexibility index (Phi) is 4.11. The van der Waals surface area contributed by atoms with Crippen LogP contribution in [0.4, 0.5) is 0 Å². The van der Waals surface area contributed by atoms with Crippen LogP contribution in [0.2, 0.25) is 0 Å². The second kappa shape index (κ2) is 5.37. The van der Waals surface area contributed by atoms with Crippen LogP contribution in [0.1, 0.15) is 23.1 Å². The SMILES string of the molecule is Cc1ccc(C#N)c(C#CCCS)c1. The van der Waals surface area contributed by atoms with Crippen molar-refractivity contribution in [2.75, 3.05) is 5.75 Å². The minimum atomic E-state index is 0.641. The maximum atomic E-state index is 8.83. The first-order chi connectivity index (χ1) is 6.77. The molecule has 2 heteroatoms. The number of thiol groups is 1. The van der Waals surface area contributed by atoms with Gasteiger partial charge in [0, 0.05) is 17.7 Å². The fraction of sp³-hybridized carbons (Fsp3) is 0.250. The molecule has 0 atom stereocenters. The van der Waals surface area contributed by atoms with Crippen molar-refractivity contribution >= 4 is 12.6 Å². The highest BCUT2D eigenvalue weighted by molar-refractivity contribution is 7.80. The van der Waals surface area contributed by atoms with Crippen LogP contribution in [0.3, 0.4) is 0 Å². The van der Waals surface area contributed by atoms with E-state index in [4.69, 9.17) is 5.26 Å². The molecule has 0 heterocycles. The molecule has 0 radical (unpaired) electrons. The first kappa shape index (κ1) is 10.7. The first-order valence-electron chi connectivity index (χ1n) is 4.38. The molecule has 0 saturated carbocycles. The molecule has 0 fully saturated rings. The minimum Gasteiger partial charge on any atom is -0.192 e. The molecule has 0 spiro atoms. The molecule has 0 amide bonds. The van der Waals surface area contributed by atoms with Gasteiger partial charge in [-0.25, -0.2) is 0 Å². The molecule has 1 aromatic carbocycles. The molecule has 0 aliphatic rings. The first-order valence-corrected chi connectivity index (χ1v) is 5.01. The fourth-order valence-corrected chi connectivity index (χ4v) is 1.18. The van der Waals surface area contributed by atoms with Crippen LogP contribution >= 0.6 is 12.6 Å². The van der Waals surface area contributed by atoms with E-state index in [2.05, 4.69) is 30.5 Å². The van der Waals surface area contributed by atoms with E-state index >= 15 is 0 Å². The lowest BCUT2D eigenvalue weighted by Gasteiger charge is -1.96. The van der Waals surface area contributed by atoms with Crippen LogP contribution in [0.25, 0.3) is 0 Å². The number of hydrogen-bond acceptors (Lipinski definition) is 2. The standard InChI is InChI=1S/C12H11NS/c1-10-5-6-12(9-13)11(8-10)4-2-3-7-14/h5-6,8,14H,3,7H2,1H3. The van der Waals surface area contributed by atoms with E-state index in [0.717, 1.165) is 23.3 Å². The van der Waals surface area contributed by atoms with E-state index < -0.39 is 0 Å². The molecule has 0 N–H and O–H groups in total. The third kappa shape index (κ3) is 2.83. The molecule has 0 aromatic heterocycles. The molecule has 14 heavy (non-hydrogen) atoms. The molecular weight excluding hydrogens is 190 g/mol. The minimum absolute atomic E-state index is 0.641. The average molecular weight is 201 g/mol. The second-order valence-electron chi connectivity index (χ2n) is 2.94. The van der Waals surface area contributed by atoms with Crippen molar-refractivity contribution in [1.29, 1.82) is 5.26 Å². The van der Waals surface area contributed by atoms with E-state index in [1.165, 1.54) is 0 Å². The lowest BCUT2D eigenvalue weighted by Crippen LogP contribution is -1.84. The molecule has 1 aromatic rings. The van der Waals surface area contributed by atoms with E-state index in [1.807, 2.05) is 19.1 Å². The van der Waals surface area contributed by atoms with Crippen LogP contribution < -0.4 is 0 Å². The van der Waals surface area contributed by atoms with Gasteiger partial charge < -0.3 is 0 Å². The molecule has 1 nitrogen and oxygen atoms in total. The average Bonchev–Trinajstić information content (AvgIpc) is 2.19. The van der Waals surface area contributed by atoms with Crippen molar-refractivity contribution in [3.05, 3.63) is 34.9 Å². The summed E-state index contributed by atoms with van der Waals surface area (Å²) in [4.78, 5) is 0. The van der Waals surface area contributed by atoms with Gasteiger partial charge in [-0.05, 0) is 24.6 Å². The Bertz CT molecular complexity index is 418. The van der Waals surface area contributed by atoms with Crippen molar-refractivity contribution in [3.63, 3.8) is 0 Å². The monoisotopic (exact) mass is 201 g/mol. The van der Waals surface area contributed by atoms with Crippen molar-refractivity contribution in [2.45, 2.75) is 13.3 Å². The lowest BCUT2D eigenvalue weighted by molar-refractivity contribution is 1.31. The van der Waals surface area contributed by atoms with Crippen LogP contribution in [-0.2, 0) is 0 Å². The van der Waals surface area contributed by atoms with E-state index in [9.17, 15) is 0 Å². The van der Waals surface area contributed by atoms with Gasteiger partial charge in [-0.1, -0.05) is 17.9 Å². The summed E-state index contributed by atoms with van der Waals surface area (Å²) in [6, 6.07) is 7.79. The Balaban J connectivity index is 3.02. The molecule has 1 rings (SSSR count). The van der Waals surface area contributed by atoms with Crippen molar-refractivity contribution in [3.8, 4) is 17.9 Å². The van der Waals surface area contributed by atoms with E-state index in [1.54, 1.807) is 6.07 Å². The lowest BCUT2D eigenvalue weighted by atomic mass is 10.1. The predicted molar refractivity (Wildman–Crippen MR) is 61.2 cm³/mol. The summed E-state index contributed by atoms with van der Waals surface area (Å²) in [5.74, 6) is 6.71. The Morgan fingerprint density at radius 3 is 2.79 bits per heavy atom. The maximum Gasteiger partial charge on any atom is 0.100 e. The van der Waals surface area contributed by atoms with Gasteiger partial charge in [0.25, 0.3) is 0 Å². The Morgan fingerprint density at radius 2 is 2.14 bits per heavy atom. The molecule has 0 bridgehead atoms. The van der Waals surface area contributed by atoms with Crippen molar-refractivity contribution in [1.82, 2.24) is 0 Å². The van der Waals surface area contributed by atoms with Gasteiger partial charge >= 0.3 is 0 Å². The summed E-state index contributed by atoms with van der Waals surface area (Å²) >= 11 is 4.07. The summed E-state index contributed by atoms with van der Waals surface area (Å²) < 4.78 is 0. The topological polar surface area (TPSA) is 23.8 Å². The van der Waals surface area contributed by atoms with Crippen LogP contribution in [0.5, 0.6) is 0 Å². The van der Waals surface area contributed by atoms with Crippen molar-refractivity contribution in [2.24, 2.45) is 0 Å². The van der Waals surface area contributed by atoms with Gasteiger partial charge in [0.15, 0.2) is 0 Å². The predicted octanol–water partition coefficient (Wildman–Crippen LogP) is 2.54. The molecule has 70 valence electrons. The van der Waals surface area contributed by atoms with Gasteiger partial charge in [-0.15, -0.1) is 0 Å². The molecule has 0 unspecified atom stereocenters. The number of rotatable bonds is 1. The summed E-state index contributed by atoms with van der Waals surface area (Å²) in [6.45, 7) is 1.99. The van der Waals surface area contributed by atoms with Gasteiger partial charge in [-0.3, -0.25) is 0 Å². The number of hydrogen-bond donors (Lipinski definition) is 1. The Morgan fingerprint density at radius 1 is 1.36 bits per heavy atom. The number of nitriles is 1. The fourth-order valence-electron chi connectivity index (χ4n) is 1.07. The highest BCUT2D eigenvalue weighted by Crippen LogP contribution is 2.09. The summed E-state index contributed by atoms with van der Waals surface area (Å²) in [7, 11) is 0. The zero-order chi connectivity index (χ0) is 10.4. The molecular formula is C12H11NS. The summed E-state index contributed by atoms with van der Waals surface area (Å²) in [5.41, 5.74) is 2.58. The van der Waals surface area contributed by atoms with Gasteiger partial charge in [-0.2, -0.15) is 17.9 Å². The molecule has 0 aliphatic carbocycles. The largest absolute Gasteiger partial charge is 0.192 e. The van der Waals surface area contributed by atoms with Crippen molar-refractivity contribution < 1.29 is 0 Å². The van der Waals surface area contributed by atoms with E-state index in [-0.39, 0.29) is 0 Å².